The zero-order chi connectivity index (χ0) is 20.6. The smallest absolute Gasteiger partial charge is 0.216 e. The summed E-state index contributed by atoms with van der Waals surface area (Å²) in [5.41, 5.74) is 0.750. The summed E-state index contributed by atoms with van der Waals surface area (Å²) < 4.78 is 24.1. The van der Waals surface area contributed by atoms with E-state index in [9.17, 15) is 0 Å². The number of methoxy groups -OCH3 is 2. The van der Waals surface area contributed by atoms with Gasteiger partial charge in [0, 0.05) is 5.56 Å². The average molecular weight is 414 g/mol. The van der Waals surface area contributed by atoms with Crippen LogP contribution in [0, 0.1) is 4.77 Å². The van der Waals surface area contributed by atoms with Gasteiger partial charge in [0.25, 0.3) is 0 Å². The molecule has 0 aliphatic rings. The standard InChI is InChI=1S/C20H22N4O4S/c1-4-27-19-16(25-2)10-14(11-17(19)26-3)12-21-24-18(22-23-20(24)29)13-28-15-8-6-5-7-9-15/h5-12H,4,13H2,1-3H3,(H,23,29)/b21-12-. The second-order valence-corrected chi connectivity index (χ2v) is 6.18. The van der Waals surface area contributed by atoms with Crippen LogP contribution in [0.5, 0.6) is 23.0 Å². The zero-order valence-electron chi connectivity index (χ0n) is 16.4. The van der Waals surface area contributed by atoms with Gasteiger partial charge in [-0.1, -0.05) is 18.2 Å². The highest BCUT2D eigenvalue weighted by Gasteiger charge is 2.13. The highest BCUT2D eigenvalue weighted by atomic mass is 32.1. The summed E-state index contributed by atoms with van der Waals surface area (Å²) in [6, 6.07) is 13.1. The Kier molecular flexibility index (Phi) is 6.85. The molecule has 3 aromatic rings. The summed E-state index contributed by atoms with van der Waals surface area (Å²) in [4.78, 5) is 0. The number of para-hydroxylation sites is 1. The van der Waals surface area contributed by atoms with Crippen LogP contribution in [0.15, 0.2) is 47.6 Å². The Balaban J connectivity index is 1.84. The largest absolute Gasteiger partial charge is 0.493 e. The number of rotatable bonds is 9. The molecule has 0 radical (unpaired) electrons. The maximum atomic E-state index is 5.73. The van der Waals surface area contributed by atoms with Crippen LogP contribution in [0.3, 0.4) is 0 Å². The highest BCUT2D eigenvalue weighted by molar-refractivity contribution is 7.71. The van der Waals surface area contributed by atoms with Crippen LogP contribution in [-0.4, -0.2) is 41.9 Å². The number of nitrogens with zero attached hydrogens (tertiary/aromatic N) is 3. The van der Waals surface area contributed by atoms with E-state index in [0.29, 0.717) is 34.5 Å². The predicted molar refractivity (Wildman–Crippen MR) is 112 cm³/mol. The van der Waals surface area contributed by atoms with Gasteiger partial charge in [-0.3, -0.25) is 0 Å². The Morgan fingerprint density at radius 1 is 1.10 bits per heavy atom. The number of aromatic amines is 1. The number of aromatic nitrogens is 3. The van der Waals surface area contributed by atoms with Gasteiger partial charge in [0.15, 0.2) is 17.3 Å². The average Bonchev–Trinajstić information content (AvgIpc) is 3.11. The van der Waals surface area contributed by atoms with Crippen molar-refractivity contribution in [1.29, 1.82) is 0 Å². The van der Waals surface area contributed by atoms with Crippen molar-refractivity contribution >= 4 is 18.4 Å². The number of hydrogen-bond donors (Lipinski definition) is 1. The molecule has 1 heterocycles. The van der Waals surface area contributed by atoms with E-state index in [4.69, 9.17) is 31.2 Å². The molecule has 0 saturated carbocycles. The fourth-order valence-corrected chi connectivity index (χ4v) is 2.79. The minimum atomic E-state index is 0.213. The molecule has 2 aromatic carbocycles. The first-order valence-corrected chi connectivity index (χ1v) is 9.34. The molecule has 1 aromatic heterocycles. The van der Waals surface area contributed by atoms with Gasteiger partial charge >= 0.3 is 0 Å². The molecule has 0 unspecified atom stereocenters. The highest BCUT2D eigenvalue weighted by Crippen LogP contribution is 2.38. The lowest BCUT2D eigenvalue weighted by molar-refractivity contribution is 0.288. The van der Waals surface area contributed by atoms with Gasteiger partial charge in [-0.05, 0) is 43.4 Å². The van der Waals surface area contributed by atoms with Gasteiger partial charge in [0.05, 0.1) is 27.0 Å². The molecule has 152 valence electrons. The van der Waals surface area contributed by atoms with Crippen molar-refractivity contribution in [2.45, 2.75) is 13.5 Å². The third kappa shape index (κ3) is 4.94. The van der Waals surface area contributed by atoms with Crippen molar-refractivity contribution in [2.24, 2.45) is 5.10 Å². The maximum absolute atomic E-state index is 5.73. The molecule has 0 aliphatic heterocycles. The molecule has 0 bridgehead atoms. The Morgan fingerprint density at radius 2 is 1.79 bits per heavy atom. The first kappa shape index (κ1) is 20.4. The molecular weight excluding hydrogens is 392 g/mol. The van der Waals surface area contributed by atoms with Gasteiger partial charge in [-0.25, -0.2) is 5.10 Å². The van der Waals surface area contributed by atoms with Crippen molar-refractivity contribution in [3.8, 4) is 23.0 Å². The van der Waals surface area contributed by atoms with Gasteiger partial charge < -0.3 is 18.9 Å². The summed E-state index contributed by atoms with van der Waals surface area (Å²) in [5, 5.41) is 11.4. The molecule has 8 nitrogen and oxygen atoms in total. The van der Waals surface area contributed by atoms with Gasteiger partial charge in [-0.15, -0.1) is 0 Å². The normalized spacial score (nSPS) is 10.9. The van der Waals surface area contributed by atoms with E-state index in [-0.39, 0.29) is 6.61 Å². The number of ether oxygens (including phenoxy) is 4. The minimum absolute atomic E-state index is 0.213. The lowest BCUT2D eigenvalue weighted by atomic mass is 10.2. The van der Waals surface area contributed by atoms with E-state index in [0.717, 1.165) is 11.3 Å². The van der Waals surface area contributed by atoms with Crippen molar-refractivity contribution in [3.05, 3.63) is 58.6 Å². The molecule has 0 atom stereocenters. The quantitative estimate of drug-likeness (QED) is 0.423. The zero-order valence-corrected chi connectivity index (χ0v) is 17.2. The van der Waals surface area contributed by atoms with Crippen molar-refractivity contribution in [3.63, 3.8) is 0 Å². The molecular formula is C20H22N4O4S. The Hall–Kier alpha value is -3.33. The van der Waals surface area contributed by atoms with E-state index >= 15 is 0 Å². The lowest BCUT2D eigenvalue weighted by Crippen LogP contribution is -2.04. The maximum Gasteiger partial charge on any atom is 0.216 e. The van der Waals surface area contributed by atoms with Gasteiger partial charge in [-0.2, -0.15) is 14.9 Å². The topological polar surface area (TPSA) is 82.9 Å². The second kappa shape index (κ2) is 9.74. The van der Waals surface area contributed by atoms with Crippen molar-refractivity contribution in [2.75, 3.05) is 20.8 Å². The molecule has 0 fully saturated rings. The molecule has 9 heteroatoms. The summed E-state index contributed by atoms with van der Waals surface area (Å²) in [6.07, 6.45) is 1.64. The van der Waals surface area contributed by atoms with Gasteiger partial charge in [0.2, 0.25) is 10.5 Å². The Morgan fingerprint density at radius 3 is 2.41 bits per heavy atom. The van der Waals surface area contributed by atoms with Crippen LogP contribution in [0.1, 0.15) is 18.3 Å². The number of H-pyrrole nitrogens is 1. The molecule has 0 spiro atoms. The number of benzene rings is 2. The third-order valence-electron chi connectivity index (χ3n) is 3.92. The van der Waals surface area contributed by atoms with Crippen LogP contribution in [-0.2, 0) is 6.61 Å². The van der Waals surface area contributed by atoms with Crippen LogP contribution in [0.2, 0.25) is 0 Å². The molecule has 0 amide bonds. The molecule has 0 aliphatic carbocycles. The van der Waals surface area contributed by atoms with Gasteiger partial charge in [0.1, 0.15) is 12.4 Å². The third-order valence-corrected chi connectivity index (χ3v) is 4.19. The first-order valence-electron chi connectivity index (χ1n) is 8.93. The van der Waals surface area contributed by atoms with E-state index in [1.165, 1.54) is 4.68 Å². The fraction of sp³-hybridized carbons (Fsp3) is 0.250. The second-order valence-electron chi connectivity index (χ2n) is 5.79. The summed E-state index contributed by atoms with van der Waals surface area (Å²) in [5.74, 6) is 2.93. The minimum Gasteiger partial charge on any atom is -0.493 e. The van der Waals surface area contributed by atoms with Crippen LogP contribution >= 0.6 is 12.2 Å². The lowest BCUT2D eigenvalue weighted by Gasteiger charge is -2.14. The summed E-state index contributed by atoms with van der Waals surface area (Å²) in [7, 11) is 3.15. The van der Waals surface area contributed by atoms with Crippen LogP contribution in [0.4, 0.5) is 0 Å². The van der Waals surface area contributed by atoms with E-state index in [2.05, 4.69) is 15.3 Å². The van der Waals surface area contributed by atoms with E-state index in [1.54, 1.807) is 32.6 Å². The monoisotopic (exact) mass is 414 g/mol. The summed E-state index contributed by atoms with van der Waals surface area (Å²) >= 11 is 5.28. The Labute approximate surface area is 173 Å². The Bertz CT molecular complexity index is 1010. The van der Waals surface area contributed by atoms with Crippen LogP contribution < -0.4 is 18.9 Å². The predicted octanol–water partition coefficient (Wildman–Crippen LogP) is 3.82. The first-order chi connectivity index (χ1) is 14.2. The van der Waals surface area contributed by atoms with E-state index in [1.807, 2.05) is 37.3 Å². The molecule has 29 heavy (non-hydrogen) atoms. The van der Waals surface area contributed by atoms with E-state index < -0.39 is 0 Å². The fourth-order valence-electron chi connectivity index (χ4n) is 2.59. The molecule has 0 saturated heterocycles. The molecule has 1 N–H and O–H groups in total. The van der Waals surface area contributed by atoms with Crippen molar-refractivity contribution < 1.29 is 18.9 Å². The molecule has 3 rings (SSSR count). The summed E-state index contributed by atoms with van der Waals surface area (Å²) in [6.45, 7) is 2.60. The SMILES string of the molecule is CCOc1c(OC)cc(/C=N\n2c(COc3ccccc3)n[nH]c2=S)cc1OC. The number of hydrogen-bond acceptors (Lipinski definition) is 7. The number of nitrogens with one attached hydrogen (secondary N) is 1. The van der Waals surface area contributed by atoms with Crippen LogP contribution in [0.25, 0.3) is 0 Å². The van der Waals surface area contributed by atoms with Crippen molar-refractivity contribution in [1.82, 2.24) is 14.9 Å².